The second kappa shape index (κ2) is 11.3. The number of anilines is 1. The minimum absolute atomic E-state index is 0.232. The minimum atomic E-state index is -0.356. The number of H-pyrrole nitrogens is 1. The minimum Gasteiger partial charge on any atom is -0.462 e. The largest absolute Gasteiger partial charge is 0.462 e. The third-order valence-electron chi connectivity index (χ3n) is 7.25. The molecule has 1 amide bonds. The van der Waals surface area contributed by atoms with Crippen molar-refractivity contribution in [2.45, 2.75) is 26.7 Å². The number of benzene rings is 2. The van der Waals surface area contributed by atoms with Crippen molar-refractivity contribution in [3.05, 3.63) is 76.4 Å². The van der Waals surface area contributed by atoms with Crippen molar-refractivity contribution in [3.8, 4) is 11.1 Å². The topological polar surface area (TPSA) is 91.0 Å². The van der Waals surface area contributed by atoms with Gasteiger partial charge in [0.05, 0.1) is 30.8 Å². The molecule has 1 saturated heterocycles. The van der Waals surface area contributed by atoms with Crippen LogP contribution in [0.25, 0.3) is 22.8 Å². The first-order valence-electron chi connectivity index (χ1n) is 13.3. The average Bonchev–Trinajstić information content (AvgIpc) is 3.40. The molecule has 1 fully saturated rings. The van der Waals surface area contributed by atoms with Gasteiger partial charge in [-0.15, -0.1) is 0 Å². The van der Waals surface area contributed by atoms with Crippen molar-refractivity contribution < 1.29 is 24.0 Å². The van der Waals surface area contributed by atoms with E-state index in [-0.39, 0.29) is 24.3 Å². The van der Waals surface area contributed by atoms with Crippen LogP contribution in [0.5, 0.6) is 0 Å². The van der Waals surface area contributed by atoms with Crippen LogP contribution in [0.15, 0.2) is 42.5 Å². The average molecular weight is 518 g/mol. The Hall–Kier alpha value is -3.75. The van der Waals surface area contributed by atoms with Gasteiger partial charge in [-0.1, -0.05) is 24.3 Å². The lowest BCUT2D eigenvalue weighted by Crippen LogP contribution is -2.89. The maximum Gasteiger partial charge on any atom is 0.340 e. The summed E-state index contributed by atoms with van der Waals surface area (Å²) in [7, 11) is 0. The summed E-state index contributed by atoms with van der Waals surface area (Å²) < 4.78 is 19.5. The maximum absolute atomic E-state index is 14.1. The Balaban J connectivity index is 1.54. The summed E-state index contributed by atoms with van der Waals surface area (Å²) in [5.41, 5.74) is 6.19. The van der Waals surface area contributed by atoms with Crippen molar-refractivity contribution in [2.24, 2.45) is 0 Å². The van der Waals surface area contributed by atoms with E-state index < -0.39 is 0 Å². The molecule has 0 saturated carbocycles. The Morgan fingerprint density at radius 2 is 1.97 bits per heavy atom. The van der Waals surface area contributed by atoms with Crippen LogP contribution in [0.1, 0.15) is 46.2 Å². The van der Waals surface area contributed by atoms with Gasteiger partial charge in [0.1, 0.15) is 5.82 Å². The first-order valence-corrected chi connectivity index (χ1v) is 13.3. The van der Waals surface area contributed by atoms with Gasteiger partial charge >= 0.3 is 5.97 Å². The Kier molecular flexibility index (Phi) is 7.72. The molecule has 0 unspecified atom stereocenters. The summed E-state index contributed by atoms with van der Waals surface area (Å²) in [5.74, 6) is -0.926. The van der Waals surface area contributed by atoms with E-state index in [0.717, 1.165) is 67.2 Å². The number of aromatic amines is 1. The van der Waals surface area contributed by atoms with Crippen molar-refractivity contribution in [1.82, 2.24) is 9.88 Å². The molecule has 7 nitrogen and oxygen atoms in total. The van der Waals surface area contributed by atoms with Crippen molar-refractivity contribution in [1.29, 1.82) is 0 Å². The summed E-state index contributed by atoms with van der Waals surface area (Å²) in [5, 5.41) is 5.28. The number of carbonyl (C=O) groups is 2. The van der Waals surface area contributed by atoms with Gasteiger partial charge in [-0.25, -0.2) is 9.18 Å². The monoisotopic (exact) mass is 517 g/mol. The SMILES string of the molecule is CCOC(=O)c1c(C)[nH]c(/C=C2\C(=O)Nc3cccc(-c4cccc(F)c4)c32)c1CCCN1CC[NH2+]CC1. The molecule has 2 aliphatic rings. The smallest absolute Gasteiger partial charge is 0.340 e. The number of aromatic nitrogens is 1. The van der Waals surface area contributed by atoms with Crippen LogP contribution in [-0.2, 0) is 16.0 Å². The number of fused-ring (bicyclic) bond motifs is 1. The summed E-state index contributed by atoms with van der Waals surface area (Å²) in [6.45, 7) is 9.23. The van der Waals surface area contributed by atoms with Gasteiger partial charge in [0.25, 0.3) is 5.91 Å². The van der Waals surface area contributed by atoms with Crippen molar-refractivity contribution in [3.63, 3.8) is 0 Å². The summed E-state index contributed by atoms with van der Waals surface area (Å²) >= 11 is 0. The molecule has 0 atom stereocenters. The molecule has 38 heavy (non-hydrogen) atoms. The van der Waals surface area contributed by atoms with E-state index in [2.05, 4.69) is 20.5 Å². The maximum atomic E-state index is 14.1. The van der Waals surface area contributed by atoms with Crippen LogP contribution in [0.4, 0.5) is 10.1 Å². The number of ether oxygens (including phenoxy) is 1. The zero-order valence-electron chi connectivity index (χ0n) is 21.9. The Morgan fingerprint density at radius 1 is 1.18 bits per heavy atom. The van der Waals surface area contributed by atoms with Gasteiger partial charge in [-0.2, -0.15) is 0 Å². The van der Waals surface area contributed by atoms with Crippen molar-refractivity contribution in [2.75, 3.05) is 44.6 Å². The van der Waals surface area contributed by atoms with Crippen LogP contribution in [0.3, 0.4) is 0 Å². The van der Waals surface area contributed by atoms with Gasteiger partial charge in [0.15, 0.2) is 0 Å². The first-order chi connectivity index (χ1) is 18.5. The number of carbonyl (C=O) groups excluding carboxylic acids is 2. The van der Waals surface area contributed by atoms with Crippen LogP contribution < -0.4 is 10.6 Å². The van der Waals surface area contributed by atoms with Gasteiger partial charge in [-0.3, -0.25) is 9.69 Å². The normalized spacial score (nSPS) is 16.5. The lowest BCUT2D eigenvalue weighted by Gasteiger charge is -2.24. The predicted octanol–water partition coefficient (Wildman–Crippen LogP) is 3.61. The second-order valence-corrected chi connectivity index (χ2v) is 9.80. The summed E-state index contributed by atoms with van der Waals surface area (Å²) in [4.78, 5) is 31.9. The number of esters is 1. The van der Waals surface area contributed by atoms with E-state index in [0.29, 0.717) is 28.8 Å². The standard InChI is InChI=1S/C30H33FN4O3/c1-3-38-30(37)27-19(2)33-26(23(27)10-6-14-35-15-12-32-13-16-35)18-24-28-22(20-7-4-8-21(31)17-20)9-5-11-25(28)34-29(24)36/h4-5,7-9,11,17-18,32-33H,3,6,10,12-16H2,1-2H3,(H,34,36)/p+1/b24-18-. The zero-order chi connectivity index (χ0) is 26.6. The van der Waals surface area contributed by atoms with E-state index in [1.165, 1.54) is 12.1 Å². The number of nitrogens with two attached hydrogens (primary N) is 1. The Labute approximate surface area is 222 Å². The number of piperazine rings is 1. The molecular weight excluding hydrogens is 483 g/mol. The molecule has 2 aromatic carbocycles. The van der Waals surface area contributed by atoms with E-state index in [1.807, 2.05) is 37.3 Å². The van der Waals surface area contributed by atoms with Crippen LogP contribution in [-0.4, -0.2) is 61.1 Å². The highest BCUT2D eigenvalue weighted by molar-refractivity contribution is 6.36. The molecule has 198 valence electrons. The highest BCUT2D eigenvalue weighted by Gasteiger charge is 2.29. The number of hydrogen-bond acceptors (Lipinski definition) is 4. The zero-order valence-corrected chi connectivity index (χ0v) is 21.9. The third kappa shape index (κ3) is 5.28. The number of aryl methyl sites for hydroxylation is 1. The highest BCUT2D eigenvalue weighted by Crippen LogP contribution is 2.41. The lowest BCUT2D eigenvalue weighted by molar-refractivity contribution is -0.663. The summed E-state index contributed by atoms with van der Waals surface area (Å²) in [6, 6.07) is 12.0. The number of quaternary nitrogens is 1. The fourth-order valence-corrected chi connectivity index (χ4v) is 5.50. The molecule has 1 aromatic heterocycles. The van der Waals surface area contributed by atoms with E-state index >= 15 is 0 Å². The molecule has 0 aliphatic carbocycles. The van der Waals surface area contributed by atoms with Gasteiger partial charge in [-0.05, 0) is 74.2 Å². The molecule has 0 bridgehead atoms. The van der Waals surface area contributed by atoms with Crippen molar-refractivity contribution >= 4 is 29.2 Å². The molecule has 0 radical (unpaired) electrons. The number of nitrogens with zero attached hydrogens (tertiary/aromatic N) is 1. The fourth-order valence-electron chi connectivity index (χ4n) is 5.50. The predicted molar refractivity (Wildman–Crippen MR) is 146 cm³/mol. The molecule has 4 N–H and O–H groups in total. The molecule has 5 rings (SSSR count). The number of halogens is 1. The molecule has 2 aliphatic heterocycles. The van der Waals surface area contributed by atoms with E-state index in [9.17, 15) is 14.0 Å². The van der Waals surface area contributed by atoms with Crippen LogP contribution in [0, 0.1) is 12.7 Å². The summed E-state index contributed by atoms with van der Waals surface area (Å²) in [6.07, 6.45) is 3.39. The quantitative estimate of drug-likeness (QED) is 0.315. The van der Waals surface area contributed by atoms with Gasteiger partial charge in [0.2, 0.25) is 0 Å². The first kappa shape index (κ1) is 25.9. The van der Waals surface area contributed by atoms with Gasteiger partial charge < -0.3 is 20.4 Å². The number of amides is 1. The molecule has 3 aromatic rings. The van der Waals surface area contributed by atoms with E-state index in [4.69, 9.17) is 4.74 Å². The fraction of sp³-hybridized carbons (Fsp3) is 0.333. The van der Waals surface area contributed by atoms with E-state index in [1.54, 1.807) is 13.0 Å². The van der Waals surface area contributed by atoms with Gasteiger partial charge in [0, 0.05) is 35.7 Å². The second-order valence-electron chi connectivity index (χ2n) is 9.80. The Morgan fingerprint density at radius 3 is 2.74 bits per heavy atom. The Bertz CT molecular complexity index is 1390. The number of rotatable bonds is 8. The van der Waals surface area contributed by atoms with Crippen LogP contribution >= 0.6 is 0 Å². The molecule has 3 heterocycles. The van der Waals surface area contributed by atoms with Crippen LogP contribution in [0.2, 0.25) is 0 Å². The highest BCUT2D eigenvalue weighted by atomic mass is 19.1. The third-order valence-corrected chi connectivity index (χ3v) is 7.25. The molecular formula is C30H34FN4O3+. The molecule has 8 heteroatoms. The molecule has 0 spiro atoms. The number of nitrogens with one attached hydrogen (secondary N) is 2. The lowest BCUT2D eigenvalue weighted by atomic mass is 9.93. The number of hydrogen-bond donors (Lipinski definition) is 3.